The Kier molecular flexibility index (Phi) is 6.06. The molecular weight excluding hydrogens is 360 g/mol. The van der Waals surface area contributed by atoms with E-state index in [0.29, 0.717) is 5.69 Å². The van der Waals surface area contributed by atoms with Gasteiger partial charge in [-0.3, -0.25) is 4.98 Å². The smallest absolute Gasteiger partial charge is 0.337 e. The molecule has 2 rings (SSSR count). The summed E-state index contributed by atoms with van der Waals surface area (Å²) in [7, 11) is -0.284. The van der Waals surface area contributed by atoms with Crippen molar-refractivity contribution < 1.29 is 27.5 Å². The molecule has 1 aromatic heterocycles. The number of sulfonamides is 1. The van der Waals surface area contributed by atoms with Crippen LogP contribution in [0.4, 0.5) is 0 Å². The van der Waals surface area contributed by atoms with Crippen molar-refractivity contribution in [2.24, 2.45) is 0 Å². The van der Waals surface area contributed by atoms with Crippen LogP contribution >= 0.6 is 0 Å². The summed E-state index contributed by atoms with van der Waals surface area (Å²) in [5.74, 6) is -1.53. The van der Waals surface area contributed by atoms with E-state index in [4.69, 9.17) is 0 Å². The highest BCUT2D eigenvalue weighted by Gasteiger charge is 2.25. The van der Waals surface area contributed by atoms with Gasteiger partial charge in [0.05, 0.1) is 42.5 Å². The predicted octanol–water partition coefficient (Wildman–Crippen LogP) is 1.48. The van der Waals surface area contributed by atoms with E-state index >= 15 is 0 Å². The highest BCUT2D eigenvalue weighted by atomic mass is 32.2. The van der Waals surface area contributed by atoms with E-state index in [1.165, 1.54) is 13.1 Å². The van der Waals surface area contributed by atoms with Gasteiger partial charge in [0.2, 0.25) is 10.0 Å². The Hall–Kier alpha value is -2.78. The Balaban J connectivity index is 2.46. The van der Waals surface area contributed by atoms with Gasteiger partial charge in [0.25, 0.3) is 0 Å². The Morgan fingerprint density at radius 3 is 2.08 bits per heavy atom. The molecule has 138 valence electrons. The summed E-state index contributed by atoms with van der Waals surface area (Å²) >= 11 is 0. The highest BCUT2D eigenvalue weighted by molar-refractivity contribution is 7.89. The molecule has 1 aromatic carbocycles. The molecule has 0 spiro atoms. The summed E-state index contributed by atoms with van der Waals surface area (Å²) in [4.78, 5) is 27.5. The topological polar surface area (TPSA) is 103 Å². The SMILES string of the molecule is COC(=O)c1cc(C(=O)OC)cc(S(=O)(=O)N(C)Cc2ccccn2)c1. The standard InChI is InChI=1S/C17H18N2O6S/c1-19(11-14-6-4-5-7-18-14)26(22,23)15-9-12(16(20)24-2)8-13(10-15)17(21)25-3/h4-10H,11H2,1-3H3. The Morgan fingerprint density at radius 1 is 1.04 bits per heavy atom. The quantitative estimate of drug-likeness (QED) is 0.701. The molecule has 8 nitrogen and oxygen atoms in total. The molecule has 0 radical (unpaired) electrons. The number of pyridine rings is 1. The summed E-state index contributed by atoms with van der Waals surface area (Å²) in [5, 5.41) is 0. The number of hydrogen-bond acceptors (Lipinski definition) is 7. The first kappa shape index (κ1) is 19.5. The van der Waals surface area contributed by atoms with Crippen LogP contribution in [-0.4, -0.2) is 50.9 Å². The number of carbonyl (C=O) groups is 2. The Morgan fingerprint density at radius 2 is 1.62 bits per heavy atom. The molecular formula is C17H18N2O6S. The van der Waals surface area contributed by atoms with Gasteiger partial charge in [0.1, 0.15) is 0 Å². The third-order valence-corrected chi connectivity index (χ3v) is 5.35. The highest BCUT2D eigenvalue weighted by Crippen LogP contribution is 2.21. The Bertz CT molecular complexity index is 878. The monoisotopic (exact) mass is 378 g/mol. The second kappa shape index (κ2) is 8.07. The van der Waals surface area contributed by atoms with E-state index in [-0.39, 0.29) is 22.6 Å². The largest absolute Gasteiger partial charge is 0.465 e. The van der Waals surface area contributed by atoms with Gasteiger partial charge < -0.3 is 9.47 Å². The van der Waals surface area contributed by atoms with Crippen molar-refractivity contribution in [2.45, 2.75) is 11.4 Å². The van der Waals surface area contributed by atoms with Crippen molar-refractivity contribution in [1.82, 2.24) is 9.29 Å². The zero-order valence-electron chi connectivity index (χ0n) is 14.5. The lowest BCUT2D eigenvalue weighted by Gasteiger charge is -2.18. The molecule has 0 atom stereocenters. The van der Waals surface area contributed by atoms with Gasteiger partial charge in [-0.1, -0.05) is 6.07 Å². The fourth-order valence-corrected chi connectivity index (χ4v) is 3.42. The molecule has 9 heteroatoms. The van der Waals surface area contributed by atoms with Gasteiger partial charge >= 0.3 is 11.9 Å². The molecule has 0 aliphatic heterocycles. The molecule has 0 saturated heterocycles. The van der Waals surface area contributed by atoms with Crippen LogP contribution in [0.5, 0.6) is 0 Å². The first-order chi connectivity index (χ1) is 12.3. The van der Waals surface area contributed by atoms with Crippen LogP contribution in [0.3, 0.4) is 0 Å². The van der Waals surface area contributed by atoms with Crippen LogP contribution in [-0.2, 0) is 26.0 Å². The minimum absolute atomic E-state index is 0.0270. The number of rotatable bonds is 6. The number of ether oxygens (including phenoxy) is 2. The molecule has 0 saturated carbocycles. The summed E-state index contributed by atoms with van der Waals surface area (Å²) in [5.41, 5.74) is 0.413. The van der Waals surface area contributed by atoms with Crippen molar-refractivity contribution in [1.29, 1.82) is 0 Å². The maximum atomic E-state index is 12.9. The van der Waals surface area contributed by atoms with Gasteiger partial charge in [0, 0.05) is 13.2 Å². The average molecular weight is 378 g/mol. The number of hydrogen-bond donors (Lipinski definition) is 0. The van der Waals surface area contributed by atoms with Gasteiger partial charge in [-0.15, -0.1) is 0 Å². The van der Waals surface area contributed by atoms with E-state index in [9.17, 15) is 18.0 Å². The van der Waals surface area contributed by atoms with Crippen molar-refractivity contribution >= 4 is 22.0 Å². The van der Waals surface area contributed by atoms with Crippen LogP contribution in [0.15, 0.2) is 47.5 Å². The lowest BCUT2D eigenvalue weighted by atomic mass is 10.1. The van der Waals surface area contributed by atoms with Crippen LogP contribution in [0.25, 0.3) is 0 Å². The zero-order chi connectivity index (χ0) is 19.3. The molecule has 0 unspecified atom stereocenters. The van der Waals surface area contributed by atoms with Crippen molar-refractivity contribution in [3.05, 3.63) is 59.4 Å². The van der Waals surface area contributed by atoms with Crippen molar-refractivity contribution in [2.75, 3.05) is 21.3 Å². The van der Waals surface area contributed by atoms with E-state index in [2.05, 4.69) is 14.5 Å². The molecule has 2 aromatic rings. The predicted molar refractivity (Wildman–Crippen MR) is 92.0 cm³/mol. The first-order valence-electron chi connectivity index (χ1n) is 7.47. The molecule has 0 amide bonds. The lowest BCUT2D eigenvalue weighted by molar-refractivity contribution is 0.0598. The van der Waals surface area contributed by atoms with Gasteiger partial charge in [-0.25, -0.2) is 18.0 Å². The first-order valence-corrected chi connectivity index (χ1v) is 8.91. The summed E-state index contributed by atoms with van der Waals surface area (Å²) in [6.45, 7) is 0.0270. The number of nitrogens with zero attached hydrogens (tertiary/aromatic N) is 2. The molecule has 0 aliphatic carbocycles. The fourth-order valence-electron chi connectivity index (χ4n) is 2.20. The van der Waals surface area contributed by atoms with Gasteiger partial charge in [-0.2, -0.15) is 4.31 Å². The maximum Gasteiger partial charge on any atom is 0.337 e. The van der Waals surface area contributed by atoms with Crippen LogP contribution in [0.1, 0.15) is 26.4 Å². The number of aromatic nitrogens is 1. The summed E-state index contributed by atoms with van der Waals surface area (Å²) in [6, 6.07) is 8.69. The van der Waals surface area contributed by atoms with Gasteiger partial charge in [0.15, 0.2) is 0 Å². The number of methoxy groups -OCH3 is 2. The summed E-state index contributed by atoms with van der Waals surface area (Å²) < 4.78 is 36.0. The second-order valence-corrected chi connectivity index (χ2v) is 7.36. The van der Waals surface area contributed by atoms with Crippen LogP contribution in [0.2, 0.25) is 0 Å². The lowest BCUT2D eigenvalue weighted by Crippen LogP contribution is -2.27. The normalized spacial score (nSPS) is 11.2. The molecule has 0 bridgehead atoms. The van der Waals surface area contributed by atoms with Crippen LogP contribution < -0.4 is 0 Å². The van der Waals surface area contributed by atoms with E-state index in [1.54, 1.807) is 24.4 Å². The number of esters is 2. The van der Waals surface area contributed by atoms with Crippen LogP contribution in [0, 0.1) is 0 Å². The molecule has 0 N–H and O–H groups in total. The molecule has 0 fully saturated rings. The van der Waals surface area contributed by atoms with Crippen molar-refractivity contribution in [3.8, 4) is 0 Å². The minimum atomic E-state index is -3.99. The molecule has 26 heavy (non-hydrogen) atoms. The maximum absolute atomic E-state index is 12.9. The average Bonchev–Trinajstić information content (AvgIpc) is 2.66. The fraction of sp³-hybridized carbons (Fsp3) is 0.235. The molecule has 0 aliphatic rings. The zero-order valence-corrected chi connectivity index (χ0v) is 15.3. The molecule has 1 heterocycles. The van der Waals surface area contributed by atoms with Crippen molar-refractivity contribution in [3.63, 3.8) is 0 Å². The third kappa shape index (κ3) is 4.24. The van der Waals surface area contributed by atoms with Gasteiger partial charge in [-0.05, 0) is 30.3 Å². The van der Waals surface area contributed by atoms with E-state index in [0.717, 1.165) is 30.7 Å². The number of carbonyl (C=O) groups excluding carboxylic acids is 2. The minimum Gasteiger partial charge on any atom is -0.465 e. The van der Waals surface area contributed by atoms with E-state index in [1.807, 2.05) is 0 Å². The van der Waals surface area contributed by atoms with E-state index < -0.39 is 22.0 Å². The number of benzene rings is 1. The second-order valence-electron chi connectivity index (χ2n) is 5.31. The third-order valence-electron chi connectivity index (χ3n) is 3.57. The summed E-state index contributed by atoms with van der Waals surface area (Å²) in [6.07, 6.45) is 1.56. The Labute approximate surface area is 151 Å².